The summed E-state index contributed by atoms with van der Waals surface area (Å²) in [7, 11) is -5.14. The molecule has 0 heterocycles. The zero-order valence-corrected chi connectivity index (χ0v) is 33.1. The molecule has 0 aromatic carbocycles. The first-order valence-electron chi connectivity index (χ1n) is 20.0. The first-order valence-corrected chi connectivity index (χ1v) is 21.5. The Morgan fingerprint density at radius 2 is 1.13 bits per heavy atom. The van der Waals surface area contributed by atoms with Crippen molar-refractivity contribution in [2.24, 2.45) is 0 Å². The van der Waals surface area contributed by atoms with Crippen LogP contribution in [0.1, 0.15) is 142 Å². The minimum atomic E-state index is -5.14. The number of unbranched alkanes of at least 4 members (excludes halogenated alkanes) is 16. The van der Waals surface area contributed by atoms with Gasteiger partial charge in [0.05, 0.1) is 31.3 Å². The molecule has 53 heavy (non-hydrogen) atoms. The van der Waals surface area contributed by atoms with Gasteiger partial charge in [-0.1, -0.05) is 140 Å². The van der Waals surface area contributed by atoms with Gasteiger partial charge in [-0.15, -0.1) is 0 Å². The third-order valence-electron chi connectivity index (χ3n) is 9.48. The van der Waals surface area contributed by atoms with E-state index in [1.807, 2.05) is 6.08 Å². The molecule has 310 valence electrons. The SMILES string of the molecule is CCCCCCCC/C=C\C/C=C\C(O)CC(=O)NC(COP(=O)(O)OC1C(O)C(O)C(O)C(O)C1O)C(O)/C=C/CCCCCCCCCCCC. The van der Waals surface area contributed by atoms with E-state index in [4.69, 9.17) is 9.05 Å². The summed E-state index contributed by atoms with van der Waals surface area (Å²) < 4.78 is 22.7. The van der Waals surface area contributed by atoms with Crippen molar-refractivity contribution < 1.29 is 59.0 Å². The molecule has 0 radical (unpaired) electrons. The second kappa shape index (κ2) is 29.8. The van der Waals surface area contributed by atoms with Gasteiger partial charge < -0.3 is 46.0 Å². The highest BCUT2D eigenvalue weighted by molar-refractivity contribution is 7.47. The minimum Gasteiger partial charge on any atom is -0.389 e. The van der Waals surface area contributed by atoms with Gasteiger partial charge in [0, 0.05) is 0 Å². The Morgan fingerprint density at radius 1 is 0.660 bits per heavy atom. The van der Waals surface area contributed by atoms with Crippen molar-refractivity contribution in [3.63, 3.8) is 0 Å². The molecular formula is C39H72NO12P. The minimum absolute atomic E-state index is 0.352. The van der Waals surface area contributed by atoms with Crippen molar-refractivity contribution in [3.05, 3.63) is 36.5 Å². The van der Waals surface area contributed by atoms with Crippen LogP contribution in [0.2, 0.25) is 0 Å². The lowest BCUT2D eigenvalue weighted by Crippen LogP contribution is -2.64. The molecule has 1 saturated carbocycles. The van der Waals surface area contributed by atoms with Crippen LogP contribution < -0.4 is 5.32 Å². The molecule has 0 saturated heterocycles. The maximum absolute atomic E-state index is 12.9. The number of aliphatic hydroxyl groups is 7. The van der Waals surface area contributed by atoms with E-state index in [9.17, 15) is 50.0 Å². The van der Waals surface area contributed by atoms with E-state index in [-0.39, 0.29) is 6.42 Å². The van der Waals surface area contributed by atoms with Crippen LogP contribution >= 0.6 is 7.82 Å². The summed E-state index contributed by atoms with van der Waals surface area (Å²) in [4.78, 5) is 23.2. The van der Waals surface area contributed by atoms with Crippen LogP contribution in [-0.4, -0.2) is 108 Å². The van der Waals surface area contributed by atoms with Crippen LogP contribution in [0.4, 0.5) is 0 Å². The molecule has 8 unspecified atom stereocenters. The smallest absolute Gasteiger partial charge is 0.389 e. The van der Waals surface area contributed by atoms with Crippen LogP contribution in [-0.2, 0) is 18.4 Å². The fourth-order valence-corrected chi connectivity index (χ4v) is 7.09. The topological polar surface area (TPSA) is 226 Å². The number of nitrogens with one attached hydrogen (secondary N) is 1. The summed E-state index contributed by atoms with van der Waals surface area (Å²) in [6, 6.07) is -1.27. The molecule has 14 heteroatoms. The van der Waals surface area contributed by atoms with Crippen molar-refractivity contribution in [2.45, 2.75) is 197 Å². The van der Waals surface area contributed by atoms with Gasteiger partial charge in [0.2, 0.25) is 5.91 Å². The van der Waals surface area contributed by atoms with E-state index in [1.54, 1.807) is 12.2 Å². The standard InChI is InChI=1S/C39H72NO12P/c1-3-5-7-9-11-13-15-17-19-21-23-25-27-32(42)31(29-51-53(49,50)52-39-37(47)35(45)34(44)36(46)38(39)48)40-33(43)28-30(41)26-24-22-20-18-16-14-12-10-8-6-4-2/h18,20,24-27,30-32,34-39,41-42,44-48H,3-17,19,21-23,28-29H2,1-2H3,(H,40,43)(H,49,50)/b20-18-,26-24-,27-25+. The molecule has 0 aliphatic heterocycles. The predicted octanol–water partition coefficient (Wildman–Crippen LogP) is 5.02. The number of carbonyl (C=O) groups excluding carboxylic acids is 1. The van der Waals surface area contributed by atoms with Crippen LogP contribution in [0.3, 0.4) is 0 Å². The number of carbonyl (C=O) groups is 1. The van der Waals surface area contributed by atoms with E-state index >= 15 is 0 Å². The summed E-state index contributed by atoms with van der Waals surface area (Å²) in [5, 5.41) is 73.9. The summed E-state index contributed by atoms with van der Waals surface area (Å²) in [5.41, 5.74) is 0. The third kappa shape index (κ3) is 22.6. The van der Waals surface area contributed by atoms with Gasteiger partial charge in [0.1, 0.15) is 36.6 Å². The van der Waals surface area contributed by atoms with Crippen molar-refractivity contribution in [3.8, 4) is 0 Å². The van der Waals surface area contributed by atoms with Crippen LogP contribution in [0, 0.1) is 0 Å². The Bertz CT molecular complexity index is 1060. The zero-order valence-electron chi connectivity index (χ0n) is 32.2. The van der Waals surface area contributed by atoms with E-state index in [2.05, 4.69) is 25.2 Å². The molecule has 1 fully saturated rings. The second-order valence-corrected chi connectivity index (χ2v) is 15.7. The number of phosphoric ester groups is 1. The highest BCUT2D eigenvalue weighted by atomic mass is 31.2. The molecule has 1 rings (SSSR count). The Morgan fingerprint density at radius 3 is 1.66 bits per heavy atom. The molecule has 13 nitrogen and oxygen atoms in total. The number of amides is 1. The molecule has 0 bridgehead atoms. The number of allylic oxidation sites excluding steroid dienone is 4. The van der Waals surface area contributed by atoms with Crippen LogP contribution in [0.15, 0.2) is 36.5 Å². The van der Waals surface area contributed by atoms with Crippen molar-refractivity contribution in [1.29, 1.82) is 0 Å². The number of hydrogen-bond donors (Lipinski definition) is 9. The van der Waals surface area contributed by atoms with E-state index in [0.29, 0.717) is 12.8 Å². The van der Waals surface area contributed by atoms with Crippen molar-refractivity contribution >= 4 is 13.7 Å². The average Bonchev–Trinajstić information content (AvgIpc) is 3.12. The Hall–Kier alpha value is -1.48. The van der Waals surface area contributed by atoms with Gasteiger partial charge in [-0.25, -0.2) is 4.57 Å². The lowest BCUT2D eigenvalue weighted by Gasteiger charge is -2.41. The van der Waals surface area contributed by atoms with Gasteiger partial charge in [0.15, 0.2) is 0 Å². The van der Waals surface area contributed by atoms with Gasteiger partial charge >= 0.3 is 7.82 Å². The number of hydrogen-bond acceptors (Lipinski definition) is 11. The molecule has 1 aliphatic carbocycles. The molecule has 1 aliphatic rings. The highest BCUT2D eigenvalue weighted by Crippen LogP contribution is 2.47. The van der Waals surface area contributed by atoms with E-state index in [0.717, 1.165) is 32.1 Å². The van der Waals surface area contributed by atoms with Crippen LogP contribution in [0.5, 0.6) is 0 Å². The van der Waals surface area contributed by atoms with Crippen molar-refractivity contribution in [1.82, 2.24) is 5.32 Å². The first-order chi connectivity index (χ1) is 25.3. The molecule has 8 atom stereocenters. The summed E-state index contributed by atoms with van der Waals surface area (Å²) in [6.07, 6.45) is 17.1. The number of phosphoric acid groups is 1. The predicted molar refractivity (Wildman–Crippen MR) is 206 cm³/mol. The molecule has 0 aromatic heterocycles. The lowest BCUT2D eigenvalue weighted by molar-refractivity contribution is -0.220. The Balaban J connectivity index is 2.71. The van der Waals surface area contributed by atoms with E-state index in [1.165, 1.54) is 89.2 Å². The molecule has 0 aromatic rings. The number of aliphatic hydroxyl groups excluding tert-OH is 7. The van der Waals surface area contributed by atoms with Crippen molar-refractivity contribution in [2.75, 3.05) is 6.61 Å². The Labute approximate surface area is 317 Å². The molecular weight excluding hydrogens is 705 g/mol. The molecule has 1 amide bonds. The van der Waals surface area contributed by atoms with Crippen LogP contribution in [0.25, 0.3) is 0 Å². The summed E-state index contributed by atoms with van der Waals surface area (Å²) in [5.74, 6) is -0.663. The van der Waals surface area contributed by atoms with E-state index < -0.39 is 75.2 Å². The zero-order chi connectivity index (χ0) is 39.5. The van der Waals surface area contributed by atoms with Gasteiger partial charge in [-0.2, -0.15) is 0 Å². The quantitative estimate of drug-likeness (QED) is 0.0257. The lowest BCUT2D eigenvalue weighted by atomic mass is 9.85. The maximum atomic E-state index is 12.9. The summed E-state index contributed by atoms with van der Waals surface area (Å²) >= 11 is 0. The number of rotatable bonds is 31. The fraction of sp³-hybridized carbons (Fsp3) is 0.821. The van der Waals surface area contributed by atoms with Gasteiger partial charge in [-0.05, 0) is 32.1 Å². The monoisotopic (exact) mass is 777 g/mol. The average molecular weight is 778 g/mol. The van der Waals surface area contributed by atoms with Gasteiger partial charge in [0.25, 0.3) is 0 Å². The normalized spacial score (nSPS) is 25.2. The largest absolute Gasteiger partial charge is 0.472 e. The third-order valence-corrected chi connectivity index (χ3v) is 10.5. The maximum Gasteiger partial charge on any atom is 0.472 e. The fourth-order valence-electron chi connectivity index (χ4n) is 6.12. The second-order valence-electron chi connectivity index (χ2n) is 14.3. The summed E-state index contributed by atoms with van der Waals surface area (Å²) in [6.45, 7) is 3.64. The molecule has 0 spiro atoms. The Kier molecular flexibility index (Phi) is 27.8. The molecule has 9 N–H and O–H groups in total. The van der Waals surface area contributed by atoms with Gasteiger partial charge in [-0.3, -0.25) is 13.8 Å². The highest BCUT2D eigenvalue weighted by Gasteiger charge is 2.51. The first kappa shape index (κ1) is 49.5.